The lowest BCUT2D eigenvalue weighted by Crippen LogP contribution is -2.40. The number of rotatable bonds is 7. The van der Waals surface area contributed by atoms with Crippen LogP contribution in [0.2, 0.25) is 0 Å². The number of carbonyl (C=O) groups excluding carboxylic acids is 1. The number of nitrogens with one attached hydrogen (secondary N) is 1. The molecule has 0 radical (unpaired) electrons. The zero-order valence-electron chi connectivity index (χ0n) is 16.8. The summed E-state index contributed by atoms with van der Waals surface area (Å²) >= 11 is 0. The lowest BCUT2D eigenvalue weighted by molar-refractivity contribution is -0.119. The van der Waals surface area contributed by atoms with Crippen molar-refractivity contribution in [3.05, 3.63) is 95.6 Å². The first kappa shape index (κ1) is 21.3. The lowest BCUT2D eigenvalue weighted by atomic mass is 10.1. The Morgan fingerprint density at radius 1 is 0.967 bits per heavy atom. The topological polar surface area (TPSA) is 78.8 Å². The molecule has 0 aliphatic heterocycles. The van der Waals surface area contributed by atoms with Gasteiger partial charge in [-0.05, 0) is 43.2 Å². The SMILES string of the molecule is Cc1ccc(N(CC(=O)N/N=C\c2ccccc2)S(=O)(=O)c2ccccc2)c(C)c1. The third-order valence-electron chi connectivity index (χ3n) is 4.44. The van der Waals surface area contributed by atoms with Crippen LogP contribution in [0.1, 0.15) is 16.7 Å². The highest BCUT2D eigenvalue weighted by atomic mass is 32.2. The number of benzene rings is 3. The highest BCUT2D eigenvalue weighted by Crippen LogP contribution is 2.27. The van der Waals surface area contributed by atoms with Gasteiger partial charge < -0.3 is 0 Å². The zero-order chi connectivity index (χ0) is 21.6. The maximum Gasteiger partial charge on any atom is 0.264 e. The van der Waals surface area contributed by atoms with Gasteiger partial charge in [0.25, 0.3) is 15.9 Å². The average Bonchev–Trinajstić information content (AvgIpc) is 2.74. The third kappa shape index (κ3) is 5.12. The van der Waals surface area contributed by atoms with Gasteiger partial charge in [-0.15, -0.1) is 0 Å². The van der Waals surface area contributed by atoms with Crippen molar-refractivity contribution in [2.24, 2.45) is 5.10 Å². The smallest absolute Gasteiger partial charge is 0.264 e. The highest BCUT2D eigenvalue weighted by Gasteiger charge is 2.28. The monoisotopic (exact) mass is 421 g/mol. The van der Waals surface area contributed by atoms with Crippen LogP contribution in [-0.2, 0) is 14.8 Å². The minimum absolute atomic E-state index is 0.116. The van der Waals surface area contributed by atoms with E-state index in [1.165, 1.54) is 18.3 Å². The van der Waals surface area contributed by atoms with Crippen LogP contribution in [0.15, 0.2) is 88.9 Å². The lowest BCUT2D eigenvalue weighted by Gasteiger charge is -2.25. The van der Waals surface area contributed by atoms with Gasteiger partial charge in [-0.3, -0.25) is 9.10 Å². The van der Waals surface area contributed by atoms with E-state index in [4.69, 9.17) is 0 Å². The maximum absolute atomic E-state index is 13.3. The third-order valence-corrected chi connectivity index (χ3v) is 6.22. The predicted octanol–water partition coefficient (Wildman–Crippen LogP) is 3.65. The fourth-order valence-corrected chi connectivity index (χ4v) is 4.49. The molecule has 0 aliphatic carbocycles. The minimum Gasteiger partial charge on any atom is -0.271 e. The predicted molar refractivity (Wildman–Crippen MR) is 119 cm³/mol. The largest absolute Gasteiger partial charge is 0.271 e. The Bertz CT molecular complexity index is 1140. The molecule has 0 spiro atoms. The molecule has 1 amide bonds. The number of hydrogen-bond donors (Lipinski definition) is 1. The van der Waals surface area contributed by atoms with E-state index in [1.54, 1.807) is 24.3 Å². The molecule has 0 saturated heterocycles. The number of carbonyl (C=O) groups is 1. The van der Waals surface area contributed by atoms with Gasteiger partial charge in [0.2, 0.25) is 0 Å². The molecule has 1 N–H and O–H groups in total. The Morgan fingerprint density at radius 2 is 1.60 bits per heavy atom. The molecule has 0 bridgehead atoms. The summed E-state index contributed by atoms with van der Waals surface area (Å²) in [7, 11) is -3.94. The first-order chi connectivity index (χ1) is 14.4. The second kappa shape index (κ2) is 9.37. The van der Waals surface area contributed by atoms with E-state index in [2.05, 4.69) is 10.5 Å². The summed E-state index contributed by atoms with van der Waals surface area (Å²) in [6, 6.07) is 22.8. The number of sulfonamides is 1. The molecule has 3 aromatic rings. The summed E-state index contributed by atoms with van der Waals surface area (Å²) in [5, 5.41) is 3.93. The Balaban J connectivity index is 1.88. The van der Waals surface area contributed by atoms with Gasteiger partial charge in [-0.25, -0.2) is 13.8 Å². The van der Waals surface area contributed by atoms with Crippen molar-refractivity contribution in [3.8, 4) is 0 Å². The molecule has 0 heterocycles. The van der Waals surface area contributed by atoms with E-state index in [0.717, 1.165) is 21.0 Å². The van der Waals surface area contributed by atoms with Crippen molar-refractivity contribution >= 4 is 27.8 Å². The second-order valence-corrected chi connectivity index (χ2v) is 8.68. The Labute approximate surface area is 176 Å². The van der Waals surface area contributed by atoms with Gasteiger partial charge in [-0.1, -0.05) is 66.2 Å². The van der Waals surface area contributed by atoms with E-state index in [9.17, 15) is 13.2 Å². The maximum atomic E-state index is 13.3. The van der Waals surface area contributed by atoms with E-state index in [1.807, 2.05) is 56.3 Å². The fourth-order valence-electron chi connectivity index (χ4n) is 2.99. The number of nitrogens with zero attached hydrogens (tertiary/aromatic N) is 2. The number of anilines is 1. The summed E-state index contributed by atoms with van der Waals surface area (Å²) in [5.41, 5.74) is 5.45. The van der Waals surface area contributed by atoms with Gasteiger partial charge in [0.15, 0.2) is 0 Å². The van der Waals surface area contributed by atoms with Gasteiger partial charge in [-0.2, -0.15) is 5.10 Å². The molecule has 7 heteroatoms. The molecule has 154 valence electrons. The standard InChI is InChI=1S/C23H23N3O3S/c1-18-13-14-22(19(2)15-18)26(30(28,29)21-11-7-4-8-12-21)17-23(27)25-24-16-20-9-5-3-6-10-20/h3-16H,17H2,1-2H3,(H,25,27)/b24-16-. The summed E-state index contributed by atoms with van der Waals surface area (Å²) in [6.45, 7) is 3.35. The molecule has 3 rings (SSSR count). The average molecular weight is 422 g/mol. The number of amides is 1. The number of aryl methyl sites for hydroxylation is 2. The number of hydrogen-bond acceptors (Lipinski definition) is 4. The molecule has 0 fully saturated rings. The molecule has 0 atom stereocenters. The van der Waals surface area contributed by atoms with Crippen LogP contribution in [0.4, 0.5) is 5.69 Å². The molecular formula is C23H23N3O3S. The molecule has 30 heavy (non-hydrogen) atoms. The summed E-state index contributed by atoms with van der Waals surface area (Å²) in [5.74, 6) is -0.540. The van der Waals surface area contributed by atoms with E-state index < -0.39 is 22.5 Å². The highest BCUT2D eigenvalue weighted by molar-refractivity contribution is 7.92. The normalized spacial score (nSPS) is 11.4. The molecule has 6 nitrogen and oxygen atoms in total. The zero-order valence-corrected chi connectivity index (χ0v) is 17.6. The Kier molecular flexibility index (Phi) is 6.64. The molecule has 0 saturated carbocycles. The van der Waals surface area contributed by atoms with Crippen LogP contribution in [0.5, 0.6) is 0 Å². The van der Waals surface area contributed by atoms with Crippen molar-refractivity contribution in [3.63, 3.8) is 0 Å². The molecule has 0 aliphatic rings. The van der Waals surface area contributed by atoms with Crippen LogP contribution in [-0.4, -0.2) is 27.1 Å². The molecule has 0 aromatic heterocycles. The minimum atomic E-state index is -3.94. The van der Waals surface area contributed by atoms with Gasteiger partial charge in [0.05, 0.1) is 16.8 Å². The van der Waals surface area contributed by atoms with Gasteiger partial charge in [0, 0.05) is 0 Å². The van der Waals surface area contributed by atoms with Crippen LogP contribution >= 0.6 is 0 Å². The van der Waals surface area contributed by atoms with Crippen LogP contribution in [0.25, 0.3) is 0 Å². The Morgan fingerprint density at radius 3 is 2.23 bits per heavy atom. The molecule has 0 unspecified atom stereocenters. The van der Waals surface area contributed by atoms with E-state index in [0.29, 0.717) is 5.69 Å². The second-order valence-electron chi connectivity index (χ2n) is 6.82. The van der Waals surface area contributed by atoms with Crippen molar-refractivity contribution in [2.45, 2.75) is 18.7 Å². The van der Waals surface area contributed by atoms with Gasteiger partial charge >= 0.3 is 0 Å². The van der Waals surface area contributed by atoms with Crippen LogP contribution in [0.3, 0.4) is 0 Å². The van der Waals surface area contributed by atoms with E-state index in [-0.39, 0.29) is 4.90 Å². The van der Waals surface area contributed by atoms with Crippen LogP contribution in [0, 0.1) is 13.8 Å². The van der Waals surface area contributed by atoms with Crippen molar-refractivity contribution in [1.82, 2.24) is 5.43 Å². The quantitative estimate of drug-likeness (QED) is 0.467. The van der Waals surface area contributed by atoms with Crippen molar-refractivity contribution in [2.75, 3.05) is 10.8 Å². The summed E-state index contributed by atoms with van der Waals surface area (Å²) < 4.78 is 27.7. The fraction of sp³-hybridized carbons (Fsp3) is 0.130. The Hall–Kier alpha value is -3.45. The van der Waals surface area contributed by atoms with E-state index >= 15 is 0 Å². The number of hydrazone groups is 1. The van der Waals surface area contributed by atoms with Crippen molar-refractivity contribution < 1.29 is 13.2 Å². The van der Waals surface area contributed by atoms with Crippen LogP contribution < -0.4 is 9.73 Å². The molecule has 3 aromatic carbocycles. The first-order valence-corrected chi connectivity index (χ1v) is 10.8. The van der Waals surface area contributed by atoms with Crippen molar-refractivity contribution in [1.29, 1.82) is 0 Å². The first-order valence-electron chi connectivity index (χ1n) is 9.40. The summed E-state index contributed by atoms with van der Waals surface area (Å²) in [6.07, 6.45) is 1.51. The summed E-state index contributed by atoms with van der Waals surface area (Å²) in [4.78, 5) is 12.7. The van der Waals surface area contributed by atoms with Gasteiger partial charge in [0.1, 0.15) is 6.54 Å². The molecular weight excluding hydrogens is 398 g/mol.